The van der Waals surface area contributed by atoms with Crippen LogP contribution in [-0.4, -0.2) is 22.2 Å². The Morgan fingerprint density at radius 1 is 0.964 bits per heavy atom. The van der Waals surface area contributed by atoms with Gasteiger partial charge in [0.15, 0.2) is 5.76 Å². The lowest BCUT2D eigenvalue weighted by atomic mass is 10.1. The molecule has 28 heavy (non-hydrogen) atoms. The van der Waals surface area contributed by atoms with Gasteiger partial charge in [0.2, 0.25) is 11.7 Å². The molecule has 0 saturated heterocycles. The molecule has 6 heteroatoms. The highest BCUT2D eigenvalue weighted by Crippen LogP contribution is 2.29. The van der Waals surface area contributed by atoms with Crippen LogP contribution in [0.25, 0.3) is 33.8 Å². The summed E-state index contributed by atoms with van der Waals surface area (Å²) in [5.41, 5.74) is 3.16. The van der Waals surface area contributed by atoms with E-state index >= 15 is 0 Å². The molecular weight excluding hydrogens is 354 g/mol. The van der Waals surface area contributed by atoms with Crippen molar-refractivity contribution in [1.82, 2.24) is 15.1 Å². The summed E-state index contributed by atoms with van der Waals surface area (Å²) in [6, 6.07) is 19.6. The highest BCUT2D eigenvalue weighted by Gasteiger charge is 2.15. The average molecular weight is 371 g/mol. The Morgan fingerprint density at radius 2 is 1.79 bits per heavy atom. The molecule has 3 aromatic heterocycles. The van der Waals surface area contributed by atoms with Gasteiger partial charge in [0.25, 0.3) is 0 Å². The van der Waals surface area contributed by atoms with Crippen LogP contribution >= 0.6 is 0 Å². The molecule has 0 bridgehead atoms. The van der Waals surface area contributed by atoms with Crippen molar-refractivity contribution in [3.8, 4) is 28.7 Å². The van der Waals surface area contributed by atoms with Gasteiger partial charge in [-0.3, -0.25) is 0 Å². The summed E-state index contributed by atoms with van der Waals surface area (Å²) in [7, 11) is 1.64. The number of aromatic nitrogens is 3. The molecule has 0 atom stereocenters. The third-order valence-corrected chi connectivity index (χ3v) is 4.69. The molecule has 5 aromatic rings. The number of H-pyrrole nitrogens is 1. The lowest BCUT2D eigenvalue weighted by molar-refractivity contribution is 0.384. The molecule has 5 rings (SSSR count). The number of hydrogen-bond donors (Lipinski definition) is 1. The predicted molar refractivity (Wildman–Crippen MR) is 105 cm³/mol. The molecule has 0 amide bonds. The first-order valence-electron chi connectivity index (χ1n) is 8.92. The van der Waals surface area contributed by atoms with Gasteiger partial charge in [-0.2, -0.15) is 4.98 Å². The number of rotatable bonds is 5. The molecule has 138 valence electrons. The minimum Gasteiger partial charge on any atom is -0.497 e. The predicted octanol–water partition coefficient (Wildman–Crippen LogP) is 5.08. The molecule has 3 heterocycles. The van der Waals surface area contributed by atoms with Crippen molar-refractivity contribution in [2.45, 2.75) is 6.42 Å². The van der Waals surface area contributed by atoms with Gasteiger partial charge >= 0.3 is 0 Å². The molecule has 0 unspecified atom stereocenters. The Balaban J connectivity index is 1.38. The maximum absolute atomic E-state index is 5.92. The summed E-state index contributed by atoms with van der Waals surface area (Å²) in [6.45, 7) is 0. The third-order valence-electron chi connectivity index (χ3n) is 4.69. The van der Waals surface area contributed by atoms with E-state index in [-0.39, 0.29) is 0 Å². The number of fused-ring (bicyclic) bond motifs is 1. The standard InChI is InChI=1S/C22H17N3O3/c1-26-16-8-6-14(7-9-16)19-10-11-20(27-19)22-24-21(28-25-22)12-15-13-23-18-5-3-2-4-17(15)18/h2-11,13,23H,12H2,1H3. The molecular formula is C22H17N3O3. The van der Waals surface area contributed by atoms with Crippen LogP contribution in [0, 0.1) is 0 Å². The summed E-state index contributed by atoms with van der Waals surface area (Å²) < 4.78 is 16.5. The van der Waals surface area contributed by atoms with Crippen LogP contribution in [0.3, 0.4) is 0 Å². The van der Waals surface area contributed by atoms with Gasteiger partial charge in [0, 0.05) is 22.7 Å². The zero-order valence-corrected chi connectivity index (χ0v) is 15.2. The molecule has 0 spiro atoms. The second kappa shape index (κ2) is 6.74. The molecule has 0 saturated carbocycles. The van der Waals surface area contributed by atoms with E-state index in [2.05, 4.69) is 21.2 Å². The lowest BCUT2D eigenvalue weighted by Crippen LogP contribution is -1.87. The number of nitrogens with one attached hydrogen (secondary N) is 1. The molecule has 2 aromatic carbocycles. The maximum Gasteiger partial charge on any atom is 0.238 e. The lowest BCUT2D eigenvalue weighted by Gasteiger charge is -2.00. The number of methoxy groups -OCH3 is 1. The SMILES string of the molecule is COc1ccc(-c2ccc(-c3noc(Cc4c[nH]c5ccccc45)n3)o2)cc1. The van der Waals surface area contributed by atoms with Crippen LogP contribution < -0.4 is 4.74 Å². The van der Waals surface area contributed by atoms with E-state index in [9.17, 15) is 0 Å². The van der Waals surface area contributed by atoms with Gasteiger partial charge in [0.1, 0.15) is 11.5 Å². The largest absolute Gasteiger partial charge is 0.497 e. The van der Waals surface area contributed by atoms with E-state index in [4.69, 9.17) is 13.7 Å². The fraction of sp³-hybridized carbons (Fsp3) is 0.0909. The first kappa shape index (κ1) is 16.4. The number of nitrogens with zero attached hydrogens (tertiary/aromatic N) is 2. The van der Waals surface area contributed by atoms with E-state index in [0.717, 1.165) is 33.5 Å². The summed E-state index contributed by atoms with van der Waals surface area (Å²) in [4.78, 5) is 7.75. The number of furan rings is 1. The van der Waals surface area contributed by atoms with Gasteiger partial charge in [-0.1, -0.05) is 23.4 Å². The van der Waals surface area contributed by atoms with E-state index in [0.29, 0.717) is 23.9 Å². The Labute approximate surface area is 160 Å². The quantitative estimate of drug-likeness (QED) is 0.466. The number of benzene rings is 2. The Morgan fingerprint density at radius 3 is 2.64 bits per heavy atom. The normalized spacial score (nSPS) is 11.2. The molecule has 0 aliphatic heterocycles. The fourth-order valence-corrected chi connectivity index (χ4v) is 3.24. The maximum atomic E-state index is 5.92. The van der Waals surface area contributed by atoms with Crippen LogP contribution in [0.4, 0.5) is 0 Å². The number of para-hydroxylation sites is 1. The highest BCUT2D eigenvalue weighted by atomic mass is 16.5. The number of ether oxygens (including phenoxy) is 1. The Hall–Kier alpha value is -3.80. The minimum absolute atomic E-state index is 0.439. The minimum atomic E-state index is 0.439. The number of aromatic amines is 1. The molecule has 1 N–H and O–H groups in total. The van der Waals surface area contributed by atoms with Gasteiger partial charge < -0.3 is 18.7 Å². The van der Waals surface area contributed by atoms with Gasteiger partial charge in [-0.25, -0.2) is 0 Å². The van der Waals surface area contributed by atoms with Crippen LogP contribution in [0.2, 0.25) is 0 Å². The van der Waals surface area contributed by atoms with Crippen LogP contribution in [0.5, 0.6) is 5.75 Å². The van der Waals surface area contributed by atoms with Crippen molar-refractivity contribution in [2.75, 3.05) is 7.11 Å². The van der Waals surface area contributed by atoms with Crippen molar-refractivity contribution in [3.05, 3.63) is 78.3 Å². The van der Waals surface area contributed by atoms with Crippen molar-refractivity contribution in [1.29, 1.82) is 0 Å². The smallest absolute Gasteiger partial charge is 0.238 e. The second-order valence-corrected chi connectivity index (χ2v) is 6.44. The zero-order valence-electron chi connectivity index (χ0n) is 15.2. The summed E-state index contributed by atoms with van der Waals surface area (Å²) in [6.07, 6.45) is 2.53. The third kappa shape index (κ3) is 2.95. The summed E-state index contributed by atoms with van der Waals surface area (Å²) in [5.74, 6) is 3.09. The Bertz CT molecular complexity index is 1230. The molecule has 0 fully saturated rings. The van der Waals surface area contributed by atoms with Gasteiger partial charge in [-0.15, -0.1) is 0 Å². The van der Waals surface area contributed by atoms with Crippen molar-refractivity contribution >= 4 is 10.9 Å². The Kier molecular flexibility index (Phi) is 3.94. The van der Waals surface area contributed by atoms with Crippen LogP contribution in [-0.2, 0) is 6.42 Å². The summed E-state index contributed by atoms with van der Waals surface area (Å²) >= 11 is 0. The van der Waals surface area contributed by atoms with Gasteiger partial charge in [-0.05, 0) is 48.0 Å². The van der Waals surface area contributed by atoms with Crippen molar-refractivity contribution < 1.29 is 13.7 Å². The first-order chi connectivity index (χ1) is 13.8. The first-order valence-corrected chi connectivity index (χ1v) is 8.92. The van der Waals surface area contributed by atoms with E-state index < -0.39 is 0 Å². The molecule has 0 aliphatic rings. The van der Waals surface area contributed by atoms with Crippen molar-refractivity contribution in [2.24, 2.45) is 0 Å². The van der Waals surface area contributed by atoms with Gasteiger partial charge in [0.05, 0.1) is 13.5 Å². The van der Waals surface area contributed by atoms with Crippen molar-refractivity contribution in [3.63, 3.8) is 0 Å². The molecule has 6 nitrogen and oxygen atoms in total. The molecule has 0 radical (unpaired) electrons. The topological polar surface area (TPSA) is 77.1 Å². The molecule has 0 aliphatic carbocycles. The number of hydrogen-bond acceptors (Lipinski definition) is 5. The van der Waals surface area contributed by atoms with E-state index in [1.54, 1.807) is 7.11 Å². The van der Waals surface area contributed by atoms with E-state index in [1.807, 2.05) is 60.8 Å². The zero-order chi connectivity index (χ0) is 18.9. The fourth-order valence-electron chi connectivity index (χ4n) is 3.24. The average Bonchev–Trinajstić information content (AvgIpc) is 3.48. The monoisotopic (exact) mass is 371 g/mol. The second-order valence-electron chi connectivity index (χ2n) is 6.44. The highest BCUT2D eigenvalue weighted by molar-refractivity contribution is 5.83. The van der Waals surface area contributed by atoms with Crippen LogP contribution in [0.15, 0.2) is 75.8 Å². The van der Waals surface area contributed by atoms with E-state index in [1.165, 1.54) is 0 Å². The summed E-state index contributed by atoms with van der Waals surface area (Å²) in [5, 5.41) is 5.23. The van der Waals surface area contributed by atoms with Crippen LogP contribution in [0.1, 0.15) is 11.5 Å².